The number of pyridine rings is 1. The molecule has 2 heterocycles. The molecule has 1 aliphatic heterocycles. The van der Waals surface area contributed by atoms with E-state index in [2.05, 4.69) is 27.3 Å². The normalized spacial score (nSPS) is 12.7. The van der Waals surface area contributed by atoms with E-state index in [9.17, 15) is 9.59 Å². The van der Waals surface area contributed by atoms with Crippen LogP contribution in [0.15, 0.2) is 35.3 Å². The van der Waals surface area contributed by atoms with Crippen LogP contribution in [0.2, 0.25) is 0 Å². The van der Waals surface area contributed by atoms with Crippen LogP contribution in [0.25, 0.3) is 0 Å². The Labute approximate surface area is 151 Å². The molecule has 0 saturated carbocycles. The molecule has 0 saturated heterocycles. The average Bonchev–Trinajstić information content (AvgIpc) is 3.02. The summed E-state index contributed by atoms with van der Waals surface area (Å²) in [4.78, 5) is 37.6. The van der Waals surface area contributed by atoms with Crippen LogP contribution in [0, 0.1) is 13.8 Å². The zero-order chi connectivity index (χ0) is 19.1. The van der Waals surface area contributed by atoms with Crippen LogP contribution < -0.4 is 10.7 Å². The number of nitrogens with one attached hydrogen (secondary N) is 2. The molecule has 1 aromatic heterocycles. The number of fused-ring (bicyclic) bond motifs is 1. The number of carboxylic acid groups (broad SMARTS) is 1. The molecule has 7 heteroatoms. The highest BCUT2D eigenvalue weighted by molar-refractivity contribution is 5.78. The van der Waals surface area contributed by atoms with Crippen molar-refractivity contribution in [2.75, 3.05) is 6.54 Å². The van der Waals surface area contributed by atoms with Crippen molar-refractivity contribution in [1.29, 1.82) is 0 Å². The number of aromatic nitrogens is 1. The third-order valence-corrected chi connectivity index (χ3v) is 4.35. The number of H-pyrrole nitrogens is 1. The first kappa shape index (κ1) is 19.4. The van der Waals surface area contributed by atoms with Crippen molar-refractivity contribution in [2.24, 2.45) is 0 Å². The van der Waals surface area contributed by atoms with Gasteiger partial charge in [-0.25, -0.2) is 0 Å². The van der Waals surface area contributed by atoms with E-state index in [-0.39, 0.29) is 17.8 Å². The van der Waals surface area contributed by atoms with Crippen molar-refractivity contribution in [3.63, 3.8) is 0 Å². The molecule has 2 aromatic rings. The molecule has 7 nitrogen and oxygen atoms in total. The molecule has 1 aromatic carbocycles. The summed E-state index contributed by atoms with van der Waals surface area (Å²) in [6, 6.07) is 8.26. The number of nitrogens with zero attached hydrogens (tertiary/aromatic N) is 1. The smallest absolute Gasteiger partial charge is 0.290 e. The highest BCUT2D eigenvalue weighted by Crippen LogP contribution is 2.21. The van der Waals surface area contributed by atoms with E-state index in [0.29, 0.717) is 24.2 Å². The predicted molar refractivity (Wildman–Crippen MR) is 97.6 cm³/mol. The Hall–Kier alpha value is -2.93. The summed E-state index contributed by atoms with van der Waals surface area (Å²) < 4.78 is 0. The van der Waals surface area contributed by atoms with E-state index in [1.165, 1.54) is 11.1 Å². The number of carbonyl (C=O) groups excluding carboxylic acids is 1. The van der Waals surface area contributed by atoms with E-state index in [4.69, 9.17) is 9.90 Å². The number of benzene rings is 1. The van der Waals surface area contributed by atoms with Crippen LogP contribution in [0.3, 0.4) is 0 Å². The largest absolute Gasteiger partial charge is 0.483 e. The van der Waals surface area contributed by atoms with Gasteiger partial charge in [0.1, 0.15) is 0 Å². The highest BCUT2D eigenvalue weighted by atomic mass is 16.3. The van der Waals surface area contributed by atoms with Crippen molar-refractivity contribution < 1.29 is 14.7 Å². The Morgan fingerprint density at radius 1 is 1.27 bits per heavy atom. The lowest BCUT2D eigenvalue weighted by Gasteiger charge is -2.15. The second kappa shape index (κ2) is 8.96. The molecule has 3 N–H and O–H groups in total. The van der Waals surface area contributed by atoms with Gasteiger partial charge in [0.2, 0.25) is 5.91 Å². The number of hydrogen-bond acceptors (Lipinski definition) is 4. The van der Waals surface area contributed by atoms with Crippen LogP contribution in [-0.4, -0.2) is 33.9 Å². The first-order valence-corrected chi connectivity index (χ1v) is 8.27. The topological polar surface area (TPSA) is 103 Å². The molecule has 0 unspecified atom stereocenters. The van der Waals surface area contributed by atoms with Crippen LogP contribution in [0.1, 0.15) is 27.9 Å². The zero-order valence-corrected chi connectivity index (χ0v) is 14.9. The van der Waals surface area contributed by atoms with Crippen molar-refractivity contribution in [1.82, 2.24) is 15.2 Å². The molecule has 26 heavy (non-hydrogen) atoms. The summed E-state index contributed by atoms with van der Waals surface area (Å²) in [6.07, 6.45) is 1.69. The fourth-order valence-electron chi connectivity index (χ4n) is 2.95. The van der Waals surface area contributed by atoms with Gasteiger partial charge in [-0.15, -0.1) is 0 Å². The highest BCUT2D eigenvalue weighted by Gasteiger charge is 2.20. The Kier molecular flexibility index (Phi) is 6.68. The maximum atomic E-state index is 12.1. The van der Waals surface area contributed by atoms with Crippen LogP contribution in [-0.2, 0) is 29.2 Å². The average molecular weight is 357 g/mol. The second-order valence-corrected chi connectivity index (χ2v) is 6.20. The molecular weight excluding hydrogens is 334 g/mol. The molecular formula is C19H23N3O4. The van der Waals surface area contributed by atoms with Crippen molar-refractivity contribution in [2.45, 2.75) is 33.5 Å². The van der Waals surface area contributed by atoms with Crippen LogP contribution >= 0.6 is 0 Å². The number of hydrogen-bond donors (Lipinski definition) is 3. The number of aryl methyl sites for hydroxylation is 1. The van der Waals surface area contributed by atoms with Gasteiger partial charge < -0.3 is 15.4 Å². The van der Waals surface area contributed by atoms with Gasteiger partial charge in [0.05, 0.1) is 13.1 Å². The molecule has 0 radical (unpaired) electrons. The van der Waals surface area contributed by atoms with Crippen LogP contribution in [0.5, 0.6) is 0 Å². The van der Waals surface area contributed by atoms with Gasteiger partial charge in [0.25, 0.3) is 6.47 Å². The molecule has 138 valence electrons. The summed E-state index contributed by atoms with van der Waals surface area (Å²) in [5, 5.41) is 9.78. The fraction of sp³-hybridized carbons (Fsp3) is 0.316. The number of aromatic amines is 1. The first-order valence-electron chi connectivity index (χ1n) is 8.27. The number of rotatable bonds is 4. The molecule has 1 amide bonds. The minimum atomic E-state index is -0.250. The van der Waals surface area contributed by atoms with Gasteiger partial charge in [0, 0.05) is 36.1 Å². The number of carbonyl (C=O) groups is 2. The van der Waals surface area contributed by atoms with Crippen LogP contribution in [0.4, 0.5) is 0 Å². The van der Waals surface area contributed by atoms with E-state index >= 15 is 0 Å². The van der Waals surface area contributed by atoms with E-state index in [1.54, 1.807) is 20.0 Å². The lowest BCUT2D eigenvalue weighted by molar-refractivity contribution is -0.123. The monoisotopic (exact) mass is 357 g/mol. The van der Waals surface area contributed by atoms with Gasteiger partial charge in [-0.2, -0.15) is 0 Å². The van der Waals surface area contributed by atoms with E-state index in [1.807, 2.05) is 12.1 Å². The Morgan fingerprint density at radius 2 is 1.85 bits per heavy atom. The van der Waals surface area contributed by atoms with Gasteiger partial charge >= 0.3 is 0 Å². The Morgan fingerprint density at radius 3 is 2.42 bits per heavy atom. The minimum Gasteiger partial charge on any atom is -0.483 e. The lowest BCUT2D eigenvalue weighted by Crippen LogP contribution is -2.35. The molecule has 3 rings (SSSR count). The second-order valence-electron chi connectivity index (χ2n) is 6.20. The van der Waals surface area contributed by atoms with Crippen molar-refractivity contribution in [3.8, 4) is 0 Å². The third-order valence-electron chi connectivity index (χ3n) is 4.35. The Balaban J connectivity index is 0.000000758. The zero-order valence-electron chi connectivity index (χ0n) is 14.9. The van der Waals surface area contributed by atoms with Gasteiger partial charge in [-0.3, -0.25) is 19.3 Å². The quantitative estimate of drug-likeness (QED) is 0.717. The SMILES string of the molecule is Cc1c[nH]c(CNC(=O)CN2Cc3ccccc3C2)c(C)c1=O.O=CO. The first-order chi connectivity index (χ1) is 12.5. The standard InChI is InChI=1S/C18H21N3O2.CH2O2/c1-12-7-19-16(13(2)18(12)23)8-20-17(22)11-21-9-14-5-3-4-6-15(14)10-21;2-1-3/h3-7H,8-11H2,1-2H3,(H,19,23)(H,20,22);1H,(H,2,3). The molecule has 0 atom stereocenters. The summed E-state index contributed by atoms with van der Waals surface area (Å²) in [5.41, 5.74) is 4.73. The third kappa shape index (κ3) is 4.80. The minimum absolute atomic E-state index is 0.0290. The molecule has 0 spiro atoms. The summed E-state index contributed by atoms with van der Waals surface area (Å²) >= 11 is 0. The Bertz CT molecular complexity index is 820. The maximum absolute atomic E-state index is 12.1. The van der Waals surface area contributed by atoms with Gasteiger partial charge in [-0.1, -0.05) is 24.3 Å². The molecule has 0 fully saturated rings. The summed E-state index contributed by atoms with van der Waals surface area (Å²) in [7, 11) is 0. The van der Waals surface area contributed by atoms with Gasteiger partial charge in [0.15, 0.2) is 5.43 Å². The molecule has 0 bridgehead atoms. The maximum Gasteiger partial charge on any atom is 0.290 e. The van der Waals surface area contributed by atoms with E-state index < -0.39 is 0 Å². The molecule has 0 aliphatic carbocycles. The van der Waals surface area contributed by atoms with Crippen molar-refractivity contribution >= 4 is 12.4 Å². The van der Waals surface area contributed by atoms with Gasteiger partial charge in [-0.05, 0) is 25.0 Å². The molecule has 1 aliphatic rings. The van der Waals surface area contributed by atoms with Crippen molar-refractivity contribution in [3.05, 3.63) is 68.6 Å². The lowest BCUT2D eigenvalue weighted by atomic mass is 10.1. The van der Waals surface area contributed by atoms with E-state index in [0.717, 1.165) is 18.8 Å². The fourth-order valence-corrected chi connectivity index (χ4v) is 2.95. The summed E-state index contributed by atoms with van der Waals surface area (Å²) in [5.74, 6) is -0.0290. The summed E-state index contributed by atoms with van der Waals surface area (Å²) in [6.45, 7) is 5.64. The predicted octanol–water partition coefficient (Wildman–Crippen LogP) is 1.32. The number of amides is 1.